The number of fused-ring (bicyclic) bond motifs is 1. The van der Waals surface area contributed by atoms with E-state index in [1.807, 2.05) is 0 Å². The molecular weight excluding hydrogens is 288 g/mol. The minimum Gasteiger partial charge on any atom is -0.458 e. The Labute approximate surface area is 138 Å². The van der Waals surface area contributed by atoms with E-state index in [0.717, 1.165) is 38.5 Å². The molecule has 1 spiro atoms. The van der Waals surface area contributed by atoms with Crippen molar-refractivity contribution in [3.63, 3.8) is 0 Å². The van der Waals surface area contributed by atoms with Crippen LogP contribution < -0.4 is 0 Å². The molecule has 5 fully saturated rings. The maximum Gasteiger partial charge on any atom is 0.312 e. The molecule has 5 aliphatic rings. The van der Waals surface area contributed by atoms with E-state index in [2.05, 4.69) is 27.7 Å². The van der Waals surface area contributed by atoms with Gasteiger partial charge in [0.25, 0.3) is 0 Å². The number of esters is 1. The largest absolute Gasteiger partial charge is 0.458 e. The van der Waals surface area contributed by atoms with Crippen LogP contribution in [-0.2, 0) is 14.3 Å². The van der Waals surface area contributed by atoms with E-state index in [-0.39, 0.29) is 28.3 Å². The molecule has 4 saturated carbocycles. The Bertz CT molecular complexity index is 655. The van der Waals surface area contributed by atoms with E-state index < -0.39 is 5.41 Å². The molecule has 23 heavy (non-hydrogen) atoms. The van der Waals surface area contributed by atoms with Crippen LogP contribution in [0.15, 0.2) is 0 Å². The van der Waals surface area contributed by atoms with E-state index in [0.29, 0.717) is 23.5 Å². The fourth-order valence-electron chi connectivity index (χ4n) is 7.95. The van der Waals surface area contributed by atoms with Crippen molar-refractivity contribution in [3.05, 3.63) is 0 Å². The molecule has 1 unspecified atom stereocenters. The third kappa shape index (κ3) is 1.15. The third-order valence-corrected chi connectivity index (χ3v) is 9.47. The molecule has 0 aromatic carbocycles. The van der Waals surface area contributed by atoms with Gasteiger partial charge in [0.1, 0.15) is 11.4 Å². The van der Waals surface area contributed by atoms with Crippen molar-refractivity contribution >= 4 is 11.8 Å². The molecule has 1 saturated heterocycles. The van der Waals surface area contributed by atoms with E-state index >= 15 is 0 Å². The van der Waals surface area contributed by atoms with Crippen molar-refractivity contribution in [2.45, 2.75) is 78.2 Å². The highest BCUT2D eigenvalue weighted by Gasteiger charge is 2.93. The second-order valence-corrected chi connectivity index (χ2v) is 10.0. The quantitative estimate of drug-likeness (QED) is 0.689. The van der Waals surface area contributed by atoms with Gasteiger partial charge in [-0.1, -0.05) is 27.2 Å². The summed E-state index contributed by atoms with van der Waals surface area (Å²) in [4.78, 5) is 26.0. The van der Waals surface area contributed by atoms with Gasteiger partial charge in [-0.25, -0.2) is 0 Å². The lowest BCUT2D eigenvalue weighted by Crippen LogP contribution is -2.57. The van der Waals surface area contributed by atoms with Gasteiger partial charge in [0.05, 0.1) is 5.41 Å². The zero-order valence-electron chi connectivity index (χ0n) is 14.8. The van der Waals surface area contributed by atoms with Gasteiger partial charge in [0.15, 0.2) is 0 Å². The normalized spacial score (nSPS) is 62.4. The molecule has 0 radical (unpaired) electrons. The molecule has 3 nitrogen and oxygen atoms in total. The molecule has 126 valence electrons. The monoisotopic (exact) mass is 316 g/mol. The highest BCUT2D eigenvalue weighted by molar-refractivity contribution is 5.95. The number of carbonyl (C=O) groups excluding carboxylic acids is 2. The number of ether oxygens (including phenoxy) is 1. The lowest BCUT2D eigenvalue weighted by Gasteiger charge is -2.52. The van der Waals surface area contributed by atoms with Gasteiger partial charge in [-0.05, 0) is 50.4 Å². The highest BCUT2D eigenvalue weighted by Crippen LogP contribution is 2.90. The molecule has 0 aromatic heterocycles. The Hall–Kier alpha value is -0.860. The van der Waals surface area contributed by atoms with Crippen LogP contribution >= 0.6 is 0 Å². The first-order chi connectivity index (χ1) is 10.7. The van der Waals surface area contributed by atoms with Gasteiger partial charge < -0.3 is 4.74 Å². The highest BCUT2D eigenvalue weighted by atomic mass is 16.6. The van der Waals surface area contributed by atoms with Gasteiger partial charge >= 0.3 is 5.97 Å². The number of rotatable bonds is 1. The van der Waals surface area contributed by atoms with Crippen molar-refractivity contribution < 1.29 is 14.3 Å². The van der Waals surface area contributed by atoms with E-state index in [1.54, 1.807) is 0 Å². The van der Waals surface area contributed by atoms with Gasteiger partial charge in [-0.3, -0.25) is 9.59 Å². The predicted octanol–water partition coefficient (Wildman–Crippen LogP) is 3.89. The molecule has 2 bridgehead atoms. The topological polar surface area (TPSA) is 43.4 Å². The zero-order valence-corrected chi connectivity index (χ0v) is 14.8. The molecular formula is C20H28O3. The lowest BCUT2D eigenvalue weighted by molar-refractivity contribution is -0.170. The van der Waals surface area contributed by atoms with Crippen LogP contribution in [0.2, 0.25) is 0 Å². The SMILES string of the molecule is CC[C@]1(C)C[C@@H]2C3(C1)C(=O)C[C@H]1[C@]4(C)CCC[C@]1(OC4=O)[C@]23C. The van der Waals surface area contributed by atoms with Crippen LogP contribution in [0.4, 0.5) is 0 Å². The second-order valence-electron chi connectivity index (χ2n) is 10.0. The van der Waals surface area contributed by atoms with Crippen molar-refractivity contribution in [1.82, 2.24) is 0 Å². The summed E-state index contributed by atoms with van der Waals surface area (Å²) in [5.41, 5.74) is -0.738. The standard InChI is InChI=1S/C20H28O3/c1-5-16(2)10-13-18(4)19(13,11-16)14(21)9-12-17(3)7-6-8-20(12,18)23-15(17)22/h12-13H,5-11H2,1-4H3/t12-,13-,16+,17-,18+,19?,20+/m0/s1. The van der Waals surface area contributed by atoms with Crippen LogP contribution in [0, 0.1) is 33.5 Å². The maximum absolute atomic E-state index is 13.3. The fraction of sp³-hybridized carbons (Fsp3) is 0.900. The van der Waals surface area contributed by atoms with E-state index in [1.165, 1.54) is 0 Å². The summed E-state index contributed by atoms with van der Waals surface area (Å²) in [6.07, 6.45) is 6.80. The summed E-state index contributed by atoms with van der Waals surface area (Å²) in [5, 5.41) is 0. The van der Waals surface area contributed by atoms with Crippen LogP contribution in [0.1, 0.15) is 72.6 Å². The number of carbonyl (C=O) groups is 2. The van der Waals surface area contributed by atoms with Crippen LogP contribution in [0.3, 0.4) is 0 Å². The van der Waals surface area contributed by atoms with Gasteiger partial charge in [-0.15, -0.1) is 0 Å². The summed E-state index contributed by atoms with van der Waals surface area (Å²) in [6, 6.07) is 0. The Morgan fingerprint density at radius 3 is 2.57 bits per heavy atom. The first-order valence-corrected chi connectivity index (χ1v) is 9.47. The second kappa shape index (κ2) is 3.55. The molecule has 1 aliphatic heterocycles. The fourth-order valence-corrected chi connectivity index (χ4v) is 7.95. The number of Topliss-reactive ketones (excluding diaryl/α,β-unsaturated/α-hetero) is 1. The van der Waals surface area contributed by atoms with Gasteiger partial charge in [0.2, 0.25) is 0 Å². The van der Waals surface area contributed by atoms with Crippen molar-refractivity contribution in [1.29, 1.82) is 0 Å². The minimum absolute atomic E-state index is 0.0192. The first-order valence-electron chi connectivity index (χ1n) is 9.47. The molecule has 7 atom stereocenters. The van der Waals surface area contributed by atoms with Crippen LogP contribution in [-0.4, -0.2) is 17.4 Å². The summed E-state index contributed by atoms with van der Waals surface area (Å²) < 4.78 is 6.23. The summed E-state index contributed by atoms with van der Waals surface area (Å²) in [6.45, 7) is 8.95. The lowest BCUT2D eigenvalue weighted by atomic mass is 9.50. The van der Waals surface area contributed by atoms with Gasteiger partial charge in [-0.2, -0.15) is 0 Å². The van der Waals surface area contributed by atoms with E-state index in [9.17, 15) is 9.59 Å². The van der Waals surface area contributed by atoms with Crippen LogP contribution in [0.5, 0.6) is 0 Å². The Morgan fingerprint density at radius 2 is 1.87 bits per heavy atom. The summed E-state index contributed by atoms with van der Waals surface area (Å²) in [5.74, 6) is 0.993. The predicted molar refractivity (Wildman–Crippen MR) is 85.6 cm³/mol. The Balaban J connectivity index is 1.66. The molecule has 5 rings (SSSR count). The first kappa shape index (κ1) is 14.5. The van der Waals surface area contributed by atoms with Crippen molar-refractivity contribution in [3.8, 4) is 0 Å². The van der Waals surface area contributed by atoms with Crippen LogP contribution in [0.25, 0.3) is 0 Å². The Kier molecular flexibility index (Phi) is 2.24. The molecule has 0 aromatic rings. The molecule has 3 heteroatoms. The summed E-state index contributed by atoms with van der Waals surface area (Å²) >= 11 is 0. The third-order valence-electron chi connectivity index (χ3n) is 9.47. The number of ketones is 1. The van der Waals surface area contributed by atoms with Gasteiger partial charge in [0, 0.05) is 23.2 Å². The number of hydrogen-bond donors (Lipinski definition) is 0. The number of hydrogen-bond acceptors (Lipinski definition) is 3. The van der Waals surface area contributed by atoms with Crippen molar-refractivity contribution in [2.24, 2.45) is 33.5 Å². The molecule has 0 amide bonds. The minimum atomic E-state index is -0.413. The summed E-state index contributed by atoms with van der Waals surface area (Å²) in [7, 11) is 0. The average molecular weight is 316 g/mol. The Morgan fingerprint density at radius 1 is 1.13 bits per heavy atom. The zero-order chi connectivity index (χ0) is 16.5. The molecule has 4 aliphatic carbocycles. The average Bonchev–Trinajstić information content (AvgIpc) is 2.81. The molecule has 1 heterocycles. The smallest absolute Gasteiger partial charge is 0.312 e. The van der Waals surface area contributed by atoms with E-state index in [4.69, 9.17) is 4.74 Å². The maximum atomic E-state index is 13.3. The molecule has 0 N–H and O–H groups in total. The van der Waals surface area contributed by atoms with Crippen molar-refractivity contribution in [2.75, 3.05) is 0 Å².